The molecule has 1 aliphatic rings. The highest BCUT2D eigenvalue weighted by Gasteiger charge is 2.23. The monoisotopic (exact) mass is 185 g/mol. The van der Waals surface area contributed by atoms with Gasteiger partial charge in [-0.05, 0) is 19.4 Å². The van der Waals surface area contributed by atoms with Gasteiger partial charge in [-0.25, -0.2) is 0 Å². The third-order valence-electron chi connectivity index (χ3n) is 2.15. The number of hydrogen-bond donors (Lipinski definition) is 3. The van der Waals surface area contributed by atoms with Gasteiger partial charge < -0.3 is 16.4 Å². The van der Waals surface area contributed by atoms with Gasteiger partial charge in [-0.1, -0.05) is 6.92 Å². The summed E-state index contributed by atoms with van der Waals surface area (Å²) in [4.78, 5) is 11.3. The first-order valence-corrected chi connectivity index (χ1v) is 4.99. The van der Waals surface area contributed by atoms with Crippen LogP contribution < -0.4 is 16.4 Å². The maximum Gasteiger partial charge on any atom is 0.221 e. The van der Waals surface area contributed by atoms with Crippen LogP contribution in [-0.4, -0.2) is 31.1 Å². The highest BCUT2D eigenvalue weighted by molar-refractivity contribution is 5.77. The van der Waals surface area contributed by atoms with E-state index in [2.05, 4.69) is 10.6 Å². The first-order valence-electron chi connectivity index (χ1n) is 4.99. The third-order valence-corrected chi connectivity index (χ3v) is 2.15. The largest absolute Gasteiger partial charge is 0.353 e. The predicted molar refractivity (Wildman–Crippen MR) is 52.3 cm³/mol. The molecule has 0 aromatic carbocycles. The van der Waals surface area contributed by atoms with Crippen LogP contribution in [0.5, 0.6) is 0 Å². The fourth-order valence-electron chi connectivity index (χ4n) is 1.27. The van der Waals surface area contributed by atoms with Crippen molar-refractivity contribution in [2.75, 3.05) is 13.1 Å². The molecule has 0 aromatic heterocycles. The van der Waals surface area contributed by atoms with Crippen LogP contribution in [0.1, 0.15) is 26.2 Å². The number of nitrogens with one attached hydrogen (secondary N) is 2. The Morgan fingerprint density at radius 1 is 1.62 bits per heavy atom. The number of likely N-dealkylation sites (N-methyl/N-ethyl adjacent to an activating group) is 1. The normalized spacial score (nSPS) is 18.3. The van der Waals surface area contributed by atoms with E-state index >= 15 is 0 Å². The van der Waals surface area contributed by atoms with Crippen molar-refractivity contribution in [3.63, 3.8) is 0 Å². The zero-order valence-corrected chi connectivity index (χ0v) is 8.18. The van der Waals surface area contributed by atoms with Crippen molar-refractivity contribution in [2.45, 2.75) is 38.3 Å². The van der Waals surface area contributed by atoms with Crippen LogP contribution in [0, 0.1) is 0 Å². The standard InChI is InChI=1S/C9H19N3O/c1-2-11-8(6-10)5-9(13)12-7-3-4-7/h7-8,11H,2-6,10H2,1H3,(H,12,13). The second kappa shape index (κ2) is 5.19. The van der Waals surface area contributed by atoms with Gasteiger partial charge in [0.2, 0.25) is 5.91 Å². The minimum atomic E-state index is 0.124. The Morgan fingerprint density at radius 2 is 2.31 bits per heavy atom. The van der Waals surface area contributed by atoms with E-state index in [1.165, 1.54) is 0 Å². The summed E-state index contributed by atoms with van der Waals surface area (Å²) in [5.74, 6) is 0.124. The van der Waals surface area contributed by atoms with Crippen LogP contribution in [-0.2, 0) is 4.79 Å². The number of carbonyl (C=O) groups is 1. The van der Waals surface area contributed by atoms with E-state index in [1.54, 1.807) is 0 Å². The number of hydrogen-bond acceptors (Lipinski definition) is 3. The van der Waals surface area contributed by atoms with E-state index in [-0.39, 0.29) is 11.9 Å². The zero-order chi connectivity index (χ0) is 9.68. The molecule has 1 aliphatic carbocycles. The van der Waals surface area contributed by atoms with Crippen LogP contribution in [0.2, 0.25) is 0 Å². The van der Waals surface area contributed by atoms with Gasteiger partial charge in [-0.2, -0.15) is 0 Å². The van der Waals surface area contributed by atoms with Crippen molar-refractivity contribution >= 4 is 5.91 Å². The Kier molecular flexibility index (Phi) is 4.18. The summed E-state index contributed by atoms with van der Waals surface area (Å²) in [5.41, 5.74) is 5.51. The highest BCUT2D eigenvalue weighted by Crippen LogP contribution is 2.18. The van der Waals surface area contributed by atoms with Crippen LogP contribution >= 0.6 is 0 Å². The first-order chi connectivity index (χ1) is 6.26. The molecule has 0 radical (unpaired) electrons. The molecule has 4 nitrogen and oxygen atoms in total. The zero-order valence-electron chi connectivity index (χ0n) is 8.18. The quantitative estimate of drug-likeness (QED) is 0.527. The minimum Gasteiger partial charge on any atom is -0.353 e. The highest BCUT2D eigenvalue weighted by atomic mass is 16.1. The third kappa shape index (κ3) is 4.24. The summed E-state index contributed by atoms with van der Waals surface area (Å²) in [6.07, 6.45) is 2.78. The fourth-order valence-corrected chi connectivity index (χ4v) is 1.27. The number of carbonyl (C=O) groups excluding carboxylic acids is 1. The lowest BCUT2D eigenvalue weighted by Gasteiger charge is -2.14. The van der Waals surface area contributed by atoms with Crippen molar-refractivity contribution in [1.82, 2.24) is 10.6 Å². The van der Waals surface area contributed by atoms with Crippen LogP contribution in [0.25, 0.3) is 0 Å². The first kappa shape index (κ1) is 10.5. The number of amides is 1. The molecule has 0 spiro atoms. The van der Waals surface area contributed by atoms with E-state index in [9.17, 15) is 4.79 Å². The summed E-state index contributed by atoms with van der Waals surface area (Å²) in [7, 11) is 0. The maximum atomic E-state index is 11.3. The van der Waals surface area contributed by atoms with Crippen molar-refractivity contribution in [3.05, 3.63) is 0 Å². The lowest BCUT2D eigenvalue weighted by atomic mass is 10.2. The van der Waals surface area contributed by atoms with Gasteiger partial charge in [0.05, 0.1) is 0 Å². The molecule has 0 saturated heterocycles. The van der Waals surface area contributed by atoms with Crippen molar-refractivity contribution < 1.29 is 4.79 Å². The van der Waals surface area contributed by atoms with Gasteiger partial charge in [0, 0.05) is 25.0 Å². The number of nitrogens with two attached hydrogens (primary N) is 1. The Labute approximate surface area is 79.3 Å². The van der Waals surface area contributed by atoms with Gasteiger partial charge in [0.1, 0.15) is 0 Å². The van der Waals surface area contributed by atoms with Gasteiger partial charge in [-0.3, -0.25) is 4.79 Å². The Bertz CT molecular complexity index is 168. The Balaban J connectivity index is 2.14. The molecule has 1 fully saturated rings. The molecule has 4 heteroatoms. The second-order valence-corrected chi connectivity index (χ2v) is 3.54. The van der Waals surface area contributed by atoms with E-state index in [4.69, 9.17) is 5.73 Å². The maximum absolute atomic E-state index is 11.3. The Hall–Kier alpha value is -0.610. The molecule has 1 saturated carbocycles. The van der Waals surface area contributed by atoms with Gasteiger partial charge in [-0.15, -0.1) is 0 Å². The van der Waals surface area contributed by atoms with Gasteiger partial charge in [0.15, 0.2) is 0 Å². The van der Waals surface area contributed by atoms with Gasteiger partial charge in [0.25, 0.3) is 0 Å². The summed E-state index contributed by atoms with van der Waals surface area (Å²) in [6, 6.07) is 0.580. The molecule has 1 atom stereocenters. The van der Waals surface area contributed by atoms with Crippen LogP contribution in [0.3, 0.4) is 0 Å². The predicted octanol–water partition coefficient (Wildman–Crippen LogP) is -0.408. The average Bonchev–Trinajstić information content (AvgIpc) is 2.87. The lowest BCUT2D eigenvalue weighted by molar-refractivity contribution is -0.121. The molecule has 1 unspecified atom stereocenters. The molecule has 76 valence electrons. The van der Waals surface area contributed by atoms with E-state index < -0.39 is 0 Å². The van der Waals surface area contributed by atoms with Crippen molar-refractivity contribution in [1.29, 1.82) is 0 Å². The second-order valence-electron chi connectivity index (χ2n) is 3.54. The molecule has 0 heterocycles. The minimum absolute atomic E-state index is 0.124. The molecule has 0 aromatic rings. The molecule has 4 N–H and O–H groups in total. The lowest BCUT2D eigenvalue weighted by Crippen LogP contribution is -2.40. The van der Waals surface area contributed by atoms with Crippen LogP contribution in [0.4, 0.5) is 0 Å². The van der Waals surface area contributed by atoms with E-state index in [0.29, 0.717) is 19.0 Å². The van der Waals surface area contributed by atoms with Gasteiger partial charge >= 0.3 is 0 Å². The molecular formula is C9H19N3O. The molecule has 1 rings (SSSR count). The fraction of sp³-hybridized carbons (Fsp3) is 0.889. The van der Waals surface area contributed by atoms with E-state index in [0.717, 1.165) is 19.4 Å². The SMILES string of the molecule is CCNC(CN)CC(=O)NC1CC1. The van der Waals surface area contributed by atoms with Crippen LogP contribution in [0.15, 0.2) is 0 Å². The summed E-state index contributed by atoms with van der Waals surface area (Å²) in [6.45, 7) is 3.39. The number of rotatable bonds is 6. The average molecular weight is 185 g/mol. The summed E-state index contributed by atoms with van der Waals surface area (Å²) < 4.78 is 0. The molecule has 0 bridgehead atoms. The Morgan fingerprint density at radius 3 is 2.77 bits per heavy atom. The molecule has 1 amide bonds. The van der Waals surface area contributed by atoms with Crippen molar-refractivity contribution in [2.24, 2.45) is 5.73 Å². The molecule has 0 aliphatic heterocycles. The molecule has 13 heavy (non-hydrogen) atoms. The smallest absolute Gasteiger partial charge is 0.221 e. The van der Waals surface area contributed by atoms with Crippen molar-refractivity contribution in [3.8, 4) is 0 Å². The summed E-state index contributed by atoms with van der Waals surface area (Å²) >= 11 is 0. The van der Waals surface area contributed by atoms with E-state index in [1.807, 2.05) is 6.92 Å². The molecular weight excluding hydrogens is 166 g/mol. The topological polar surface area (TPSA) is 67.1 Å². The summed E-state index contributed by atoms with van der Waals surface area (Å²) in [5, 5.41) is 6.11.